The maximum absolute atomic E-state index is 8.30. The van der Waals surface area contributed by atoms with Crippen molar-refractivity contribution in [1.29, 1.82) is 0 Å². The molecule has 0 spiro atoms. The Balaban J connectivity index is 2.89. The molecular weight excluding hydrogens is 144 g/mol. The fraction of sp³-hybridized carbons (Fsp3) is 0.333. The minimum absolute atomic E-state index is 0.0877. The van der Waals surface area contributed by atoms with Crippen molar-refractivity contribution in [1.82, 2.24) is 9.78 Å². The Morgan fingerprint density at radius 1 is 1.91 bits per heavy atom. The third-order valence-corrected chi connectivity index (χ3v) is 1.36. The van der Waals surface area contributed by atoms with Crippen molar-refractivity contribution in [2.24, 2.45) is 10.9 Å². The molecule has 0 aromatic carbocycles. The van der Waals surface area contributed by atoms with Crippen LogP contribution in [0.1, 0.15) is 12.5 Å². The summed E-state index contributed by atoms with van der Waals surface area (Å²) < 4.78 is 1.70. The van der Waals surface area contributed by atoms with E-state index in [0.29, 0.717) is 5.56 Å². The molecule has 5 nitrogen and oxygen atoms in total. The molecular formula is C6H10N4O. The summed E-state index contributed by atoms with van der Waals surface area (Å²) in [6, 6.07) is 0. The fourth-order valence-corrected chi connectivity index (χ4v) is 0.727. The molecule has 1 aromatic heterocycles. The molecule has 0 saturated carbocycles. The summed E-state index contributed by atoms with van der Waals surface area (Å²) in [4.78, 5) is 0. The normalized spacial score (nSPS) is 11.9. The number of hydrogen-bond acceptors (Lipinski definition) is 3. The second kappa shape index (κ2) is 3.05. The van der Waals surface area contributed by atoms with Crippen LogP contribution in [0.5, 0.6) is 0 Å². The van der Waals surface area contributed by atoms with E-state index >= 15 is 0 Å². The van der Waals surface area contributed by atoms with Gasteiger partial charge in [-0.1, -0.05) is 5.16 Å². The van der Waals surface area contributed by atoms with Crippen LogP contribution in [-0.2, 0) is 6.54 Å². The minimum Gasteiger partial charge on any atom is -0.409 e. The van der Waals surface area contributed by atoms with Crippen molar-refractivity contribution in [3.63, 3.8) is 0 Å². The molecule has 0 radical (unpaired) electrons. The highest BCUT2D eigenvalue weighted by Crippen LogP contribution is 1.95. The molecule has 0 atom stereocenters. The highest BCUT2D eigenvalue weighted by molar-refractivity contribution is 5.96. The van der Waals surface area contributed by atoms with E-state index in [0.717, 1.165) is 6.54 Å². The smallest absolute Gasteiger partial charge is 0.173 e. The van der Waals surface area contributed by atoms with E-state index in [-0.39, 0.29) is 5.84 Å². The maximum atomic E-state index is 8.30. The van der Waals surface area contributed by atoms with Crippen LogP contribution in [0, 0.1) is 0 Å². The number of aromatic nitrogens is 2. The topological polar surface area (TPSA) is 76.4 Å². The quantitative estimate of drug-likeness (QED) is 0.272. The third-order valence-electron chi connectivity index (χ3n) is 1.36. The number of hydrogen-bond donors (Lipinski definition) is 2. The monoisotopic (exact) mass is 154 g/mol. The first kappa shape index (κ1) is 7.59. The van der Waals surface area contributed by atoms with Gasteiger partial charge in [-0.3, -0.25) is 4.68 Å². The van der Waals surface area contributed by atoms with Crippen molar-refractivity contribution < 1.29 is 5.21 Å². The van der Waals surface area contributed by atoms with Gasteiger partial charge in [-0.25, -0.2) is 0 Å². The van der Waals surface area contributed by atoms with Gasteiger partial charge in [-0.2, -0.15) is 5.10 Å². The second-order valence-corrected chi connectivity index (χ2v) is 2.07. The number of rotatable bonds is 2. The zero-order chi connectivity index (χ0) is 8.27. The molecule has 0 aliphatic carbocycles. The average Bonchev–Trinajstić information content (AvgIpc) is 2.50. The van der Waals surface area contributed by atoms with Gasteiger partial charge in [0.2, 0.25) is 0 Å². The Kier molecular flexibility index (Phi) is 2.10. The molecule has 0 saturated heterocycles. The summed E-state index contributed by atoms with van der Waals surface area (Å²) in [5.41, 5.74) is 5.94. The zero-order valence-electron chi connectivity index (χ0n) is 6.23. The van der Waals surface area contributed by atoms with Crippen LogP contribution in [0.3, 0.4) is 0 Å². The number of nitrogens with two attached hydrogens (primary N) is 1. The van der Waals surface area contributed by atoms with Crippen LogP contribution >= 0.6 is 0 Å². The molecule has 3 N–H and O–H groups in total. The van der Waals surface area contributed by atoms with E-state index in [1.165, 1.54) is 0 Å². The Morgan fingerprint density at radius 2 is 2.64 bits per heavy atom. The van der Waals surface area contributed by atoms with Gasteiger partial charge in [0.1, 0.15) is 0 Å². The van der Waals surface area contributed by atoms with Gasteiger partial charge in [-0.05, 0) is 6.92 Å². The molecule has 1 aromatic rings. The average molecular weight is 154 g/mol. The van der Waals surface area contributed by atoms with E-state index in [1.54, 1.807) is 17.1 Å². The summed E-state index contributed by atoms with van der Waals surface area (Å²) in [5.74, 6) is 0.0877. The Labute approximate surface area is 64.1 Å². The first-order valence-corrected chi connectivity index (χ1v) is 3.28. The van der Waals surface area contributed by atoms with E-state index in [2.05, 4.69) is 10.3 Å². The zero-order valence-corrected chi connectivity index (χ0v) is 6.23. The molecule has 0 bridgehead atoms. The first-order chi connectivity index (χ1) is 5.27. The number of amidine groups is 1. The van der Waals surface area contributed by atoms with Crippen LogP contribution in [0.25, 0.3) is 0 Å². The van der Waals surface area contributed by atoms with Crippen molar-refractivity contribution in [2.75, 3.05) is 0 Å². The molecule has 0 aliphatic rings. The summed E-state index contributed by atoms with van der Waals surface area (Å²) in [6.45, 7) is 2.74. The van der Waals surface area contributed by atoms with Crippen LogP contribution in [-0.4, -0.2) is 20.8 Å². The number of aryl methyl sites for hydroxylation is 1. The Morgan fingerprint density at radius 3 is 3.09 bits per heavy atom. The highest BCUT2D eigenvalue weighted by Gasteiger charge is 2.00. The maximum Gasteiger partial charge on any atom is 0.173 e. The number of nitrogens with zero attached hydrogens (tertiary/aromatic N) is 3. The van der Waals surface area contributed by atoms with Gasteiger partial charge in [-0.15, -0.1) is 0 Å². The van der Waals surface area contributed by atoms with Gasteiger partial charge in [0, 0.05) is 12.7 Å². The second-order valence-electron chi connectivity index (χ2n) is 2.07. The summed E-state index contributed by atoms with van der Waals surface area (Å²) >= 11 is 0. The van der Waals surface area contributed by atoms with Crippen molar-refractivity contribution in [3.8, 4) is 0 Å². The van der Waals surface area contributed by atoms with Gasteiger partial charge in [0.25, 0.3) is 0 Å². The molecule has 1 rings (SSSR count). The van der Waals surface area contributed by atoms with Crippen molar-refractivity contribution in [2.45, 2.75) is 13.5 Å². The van der Waals surface area contributed by atoms with Crippen LogP contribution in [0.4, 0.5) is 0 Å². The fourth-order valence-electron chi connectivity index (χ4n) is 0.727. The molecule has 5 heteroatoms. The molecule has 0 amide bonds. The van der Waals surface area contributed by atoms with E-state index in [9.17, 15) is 0 Å². The van der Waals surface area contributed by atoms with Crippen molar-refractivity contribution >= 4 is 5.84 Å². The summed E-state index contributed by atoms with van der Waals surface area (Å²) in [7, 11) is 0. The lowest BCUT2D eigenvalue weighted by Gasteiger charge is -1.91. The molecule has 0 fully saturated rings. The van der Waals surface area contributed by atoms with Gasteiger partial charge in [0.05, 0.1) is 11.8 Å². The molecule has 1 heterocycles. The standard InChI is InChI=1S/C6H10N4O/c1-2-10-4-5(3-8-10)6(7)9-11/h3-4,11H,2H2,1H3,(H2,7,9). The predicted molar refractivity (Wildman–Crippen MR) is 40.4 cm³/mol. The van der Waals surface area contributed by atoms with Gasteiger partial charge < -0.3 is 10.9 Å². The largest absolute Gasteiger partial charge is 0.409 e. The SMILES string of the molecule is CCn1cc(/C(N)=N/O)cn1. The molecule has 0 unspecified atom stereocenters. The van der Waals surface area contributed by atoms with E-state index in [1.807, 2.05) is 6.92 Å². The Hall–Kier alpha value is -1.52. The minimum atomic E-state index is 0.0877. The molecule has 0 aliphatic heterocycles. The molecule has 11 heavy (non-hydrogen) atoms. The van der Waals surface area contributed by atoms with Gasteiger partial charge >= 0.3 is 0 Å². The lowest BCUT2D eigenvalue weighted by molar-refractivity contribution is 0.318. The first-order valence-electron chi connectivity index (χ1n) is 3.28. The predicted octanol–water partition coefficient (Wildman–Crippen LogP) is -0.00250. The van der Waals surface area contributed by atoms with E-state index in [4.69, 9.17) is 10.9 Å². The van der Waals surface area contributed by atoms with Crippen LogP contribution < -0.4 is 5.73 Å². The third kappa shape index (κ3) is 1.49. The molecule has 60 valence electrons. The van der Waals surface area contributed by atoms with Crippen molar-refractivity contribution in [3.05, 3.63) is 18.0 Å². The highest BCUT2D eigenvalue weighted by atomic mass is 16.4. The van der Waals surface area contributed by atoms with Crippen LogP contribution in [0.15, 0.2) is 17.5 Å². The lowest BCUT2D eigenvalue weighted by Crippen LogP contribution is -2.11. The van der Waals surface area contributed by atoms with Gasteiger partial charge in [0.15, 0.2) is 5.84 Å². The summed E-state index contributed by atoms with van der Waals surface area (Å²) in [5, 5.41) is 15.1. The van der Waals surface area contributed by atoms with E-state index < -0.39 is 0 Å². The summed E-state index contributed by atoms with van der Waals surface area (Å²) in [6.07, 6.45) is 3.27. The number of oxime groups is 1. The van der Waals surface area contributed by atoms with Crippen LogP contribution in [0.2, 0.25) is 0 Å². The Bertz CT molecular complexity index is 265. The lowest BCUT2D eigenvalue weighted by atomic mass is 10.3.